The molecule has 0 aliphatic rings. The van der Waals surface area contributed by atoms with Crippen LogP contribution < -0.4 is 0 Å². The van der Waals surface area contributed by atoms with Crippen molar-refractivity contribution in [2.75, 3.05) is 0 Å². The Morgan fingerprint density at radius 3 is 2.50 bits per heavy atom. The van der Waals surface area contributed by atoms with Crippen molar-refractivity contribution in [3.8, 4) is 0 Å². The maximum atomic E-state index is 10.2. The maximum absolute atomic E-state index is 10.2. The average molecular weight is 128 g/mol. The summed E-state index contributed by atoms with van der Waals surface area (Å²) in [5.74, 6) is 0.0523. The highest BCUT2D eigenvalue weighted by atomic mass is 32.1. The standard InChI is InChI=1S/C6H8OS/c1-6(7)4-2-3-5-8/h2-5,8H,1H3/b4-2+,5-3-. The van der Waals surface area contributed by atoms with Crippen molar-refractivity contribution >= 4 is 18.4 Å². The van der Waals surface area contributed by atoms with Crippen molar-refractivity contribution in [3.05, 3.63) is 23.6 Å². The van der Waals surface area contributed by atoms with Crippen molar-refractivity contribution in [1.82, 2.24) is 0 Å². The smallest absolute Gasteiger partial charge is 0.152 e. The van der Waals surface area contributed by atoms with Crippen molar-refractivity contribution in [3.63, 3.8) is 0 Å². The van der Waals surface area contributed by atoms with Crippen molar-refractivity contribution in [2.24, 2.45) is 0 Å². The predicted molar refractivity (Wildman–Crippen MR) is 37.9 cm³/mol. The molecule has 1 nitrogen and oxygen atoms in total. The van der Waals surface area contributed by atoms with Crippen LogP contribution in [-0.4, -0.2) is 5.78 Å². The van der Waals surface area contributed by atoms with Gasteiger partial charge in [-0.15, -0.1) is 0 Å². The van der Waals surface area contributed by atoms with Crippen LogP contribution in [0.25, 0.3) is 0 Å². The maximum Gasteiger partial charge on any atom is 0.152 e. The van der Waals surface area contributed by atoms with Gasteiger partial charge in [0.05, 0.1) is 0 Å². The van der Waals surface area contributed by atoms with Crippen molar-refractivity contribution in [1.29, 1.82) is 0 Å². The molecule has 0 fully saturated rings. The van der Waals surface area contributed by atoms with Gasteiger partial charge in [0, 0.05) is 0 Å². The molecule has 0 aromatic heterocycles. The summed E-state index contributed by atoms with van der Waals surface area (Å²) < 4.78 is 0. The molecule has 0 amide bonds. The highest BCUT2D eigenvalue weighted by molar-refractivity contribution is 7.83. The Balaban J connectivity index is 3.50. The zero-order valence-electron chi connectivity index (χ0n) is 4.66. The largest absolute Gasteiger partial charge is 0.295 e. The van der Waals surface area contributed by atoms with Crippen LogP contribution in [0, 0.1) is 0 Å². The number of allylic oxidation sites excluding steroid dienone is 3. The molecule has 0 aliphatic heterocycles. The quantitative estimate of drug-likeness (QED) is 0.339. The van der Waals surface area contributed by atoms with E-state index in [4.69, 9.17) is 0 Å². The summed E-state index contributed by atoms with van der Waals surface area (Å²) in [6, 6.07) is 0. The van der Waals surface area contributed by atoms with Gasteiger partial charge in [-0.05, 0) is 18.4 Å². The van der Waals surface area contributed by atoms with Gasteiger partial charge in [0.1, 0.15) is 0 Å². The van der Waals surface area contributed by atoms with E-state index in [0.717, 1.165) is 0 Å². The molecule has 0 aliphatic carbocycles. The Hall–Kier alpha value is -0.500. The Morgan fingerprint density at radius 1 is 1.50 bits per heavy atom. The van der Waals surface area contributed by atoms with Crippen LogP contribution in [0.3, 0.4) is 0 Å². The van der Waals surface area contributed by atoms with Crippen molar-refractivity contribution < 1.29 is 4.79 Å². The van der Waals surface area contributed by atoms with Crippen LogP contribution in [-0.2, 0) is 4.79 Å². The highest BCUT2D eigenvalue weighted by Crippen LogP contribution is 1.80. The number of carbonyl (C=O) groups excluding carboxylic acids is 1. The summed E-state index contributed by atoms with van der Waals surface area (Å²) >= 11 is 3.78. The fraction of sp³-hybridized carbons (Fsp3) is 0.167. The number of hydrogen-bond acceptors (Lipinski definition) is 2. The first-order valence-electron chi connectivity index (χ1n) is 2.25. The zero-order valence-corrected chi connectivity index (χ0v) is 5.56. The Labute approximate surface area is 54.5 Å². The third-order valence-electron chi connectivity index (χ3n) is 0.528. The summed E-state index contributed by atoms with van der Waals surface area (Å²) in [4.78, 5) is 10.2. The van der Waals surface area contributed by atoms with Crippen LogP contribution >= 0.6 is 12.6 Å². The fourth-order valence-electron chi connectivity index (χ4n) is 0.241. The average Bonchev–Trinajstić information content (AvgIpc) is 1.66. The second kappa shape index (κ2) is 4.65. The molecule has 8 heavy (non-hydrogen) atoms. The first-order chi connectivity index (χ1) is 3.77. The first-order valence-corrected chi connectivity index (χ1v) is 2.77. The van der Waals surface area contributed by atoms with E-state index in [1.54, 1.807) is 17.6 Å². The van der Waals surface area contributed by atoms with Crippen molar-refractivity contribution in [2.45, 2.75) is 6.92 Å². The van der Waals surface area contributed by atoms with Gasteiger partial charge in [-0.3, -0.25) is 4.79 Å². The van der Waals surface area contributed by atoms with Gasteiger partial charge in [0.25, 0.3) is 0 Å². The number of rotatable bonds is 2. The monoisotopic (exact) mass is 128 g/mol. The Kier molecular flexibility index (Phi) is 4.36. The summed E-state index contributed by atoms with van der Waals surface area (Å²) in [7, 11) is 0. The van der Waals surface area contributed by atoms with Crippen LogP contribution in [0.2, 0.25) is 0 Å². The van der Waals surface area contributed by atoms with Gasteiger partial charge in [0.15, 0.2) is 5.78 Å². The molecule has 0 bridgehead atoms. The van der Waals surface area contributed by atoms with Crippen LogP contribution in [0.1, 0.15) is 6.92 Å². The van der Waals surface area contributed by atoms with Gasteiger partial charge < -0.3 is 0 Å². The fourth-order valence-corrected chi connectivity index (χ4v) is 0.340. The third kappa shape index (κ3) is 5.50. The molecule has 0 saturated carbocycles. The van der Waals surface area contributed by atoms with Gasteiger partial charge >= 0.3 is 0 Å². The van der Waals surface area contributed by atoms with E-state index in [-0.39, 0.29) is 5.78 Å². The molecule has 0 atom stereocenters. The lowest BCUT2D eigenvalue weighted by Crippen LogP contribution is -1.76. The third-order valence-corrected chi connectivity index (χ3v) is 0.700. The Morgan fingerprint density at radius 2 is 2.12 bits per heavy atom. The molecular formula is C6H8OS. The number of ketones is 1. The number of hydrogen-bond donors (Lipinski definition) is 1. The van der Waals surface area contributed by atoms with Gasteiger partial charge in [0.2, 0.25) is 0 Å². The van der Waals surface area contributed by atoms with E-state index in [0.29, 0.717) is 0 Å². The SMILES string of the molecule is CC(=O)/C=C/C=C\S. The lowest BCUT2D eigenvalue weighted by atomic mass is 10.4. The number of carbonyl (C=O) groups is 1. The molecule has 0 unspecified atom stereocenters. The summed E-state index contributed by atoms with van der Waals surface area (Å²) in [5, 5.41) is 1.57. The van der Waals surface area contributed by atoms with Crippen LogP contribution in [0.15, 0.2) is 23.6 Å². The van der Waals surface area contributed by atoms with E-state index in [1.165, 1.54) is 13.0 Å². The molecule has 0 heterocycles. The van der Waals surface area contributed by atoms with Gasteiger partial charge in [-0.1, -0.05) is 12.2 Å². The van der Waals surface area contributed by atoms with Gasteiger partial charge in [-0.25, -0.2) is 0 Å². The topological polar surface area (TPSA) is 17.1 Å². The van der Waals surface area contributed by atoms with E-state index in [1.807, 2.05) is 0 Å². The minimum absolute atomic E-state index is 0.0523. The number of thiol groups is 1. The van der Waals surface area contributed by atoms with E-state index < -0.39 is 0 Å². The van der Waals surface area contributed by atoms with Gasteiger partial charge in [-0.2, -0.15) is 12.6 Å². The van der Waals surface area contributed by atoms with Crippen LogP contribution in [0.5, 0.6) is 0 Å². The molecule has 0 saturated heterocycles. The predicted octanol–water partition coefficient (Wildman–Crippen LogP) is 1.58. The molecule has 0 spiro atoms. The molecule has 0 aromatic carbocycles. The normalized spacial score (nSPS) is 11.2. The molecule has 0 radical (unpaired) electrons. The zero-order chi connectivity index (χ0) is 6.41. The molecular weight excluding hydrogens is 120 g/mol. The minimum Gasteiger partial charge on any atom is -0.295 e. The molecule has 0 N–H and O–H groups in total. The molecule has 0 aromatic rings. The van der Waals surface area contributed by atoms with E-state index in [9.17, 15) is 4.79 Å². The van der Waals surface area contributed by atoms with E-state index >= 15 is 0 Å². The second-order valence-electron chi connectivity index (χ2n) is 1.31. The van der Waals surface area contributed by atoms with E-state index in [2.05, 4.69) is 12.6 Å². The molecule has 44 valence electrons. The molecule has 0 rings (SSSR count). The first kappa shape index (κ1) is 7.50. The van der Waals surface area contributed by atoms with Crippen LogP contribution in [0.4, 0.5) is 0 Å². The lowest BCUT2D eigenvalue weighted by Gasteiger charge is -1.71. The minimum atomic E-state index is 0.0523. The summed E-state index contributed by atoms with van der Waals surface area (Å²) in [5.41, 5.74) is 0. The summed E-state index contributed by atoms with van der Waals surface area (Å²) in [6.45, 7) is 1.50. The highest BCUT2D eigenvalue weighted by Gasteiger charge is 1.74. The Bertz CT molecular complexity index is 124. The molecule has 2 heteroatoms. The lowest BCUT2D eigenvalue weighted by molar-refractivity contribution is -0.112. The summed E-state index contributed by atoms with van der Waals surface area (Å²) in [6.07, 6.45) is 4.81. The second-order valence-corrected chi connectivity index (χ2v) is 1.61.